The third-order valence-corrected chi connectivity index (χ3v) is 4.44. The van der Waals surface area contributed by atoms with Gasteiger partial charge in [-0.1, -0.05) is 48.5 Å². The monoisotopic (exact) mass is 339 g/mol. The van der Waals surface area contributed by atoms with E-state index in [0.29, 0.717) is 18.6 Å². The minimum Gasteiger partial charge on any atom is -0.478 e. The van der Waals surface area contributed by atoms with Gasteiger partial charge in [0.05, 0.1) is 11.6 Å². The normalized spacial score (nSPS) is 19.5. The highest BCUT2D eigenvalue weighted by molar-refractivity contribution is 5.89. The lowest BCUT2D eigenvalue weighted by molar-refractivity contribution is -0.122. The highest BCUT2D eigenvalue weighted by Crippen LogP contribution is 2.29. The van der Waals surface area contributed by atoms with E-state index >= 15 is 0 Å². The van der Waals surface area contributed by atoms with E-state index in [1.54, 1.807) is 24.3 Å². The van der Waals surface area contributed by atoms with E-state index in [2.05, 4.69) is 5.32 Å². The molecule has 0 radical (unpaired) electrons. The van der Waals surface area contributed by atoms with Gasteiger partial charge in [0.15, 0.2) is 0 Å². The van der Waals surface area contributed by atoms with Gasteiger partial charge in [0, 0.05) is 13.0 Å². The molecule has 0 spiro atoms. The number of aryl methyl sites for hydroxylation is 1. The first-order valence-electron chi connectivity index (χ1n) is 8.42. The van der Waals surface area contributed by atoms with Crippen LogP contribution >= 0.6 is 0 Å². The number of carbonyl (C=O) groups excluding carboxylic acids is 1. The summed E-state index contributed by atoms with van der Waals surface area (Å²) in [4.78, 5) is 23.5. The summed E-state index contributed by atoms with van der Waals surface area (Å²) in [6.07, 6.45) is 1.30. The second-order valence-electron chi connectivity index (χ2n) is 6.13. The minimum absolute atomic E-state index is 0.0513. The molecule has 1 saturated heterocycles. The number of carboxylic acids is 1. The number of carboxylic acid groups (broad SMARTS) is 1. The first-order chi connectivity index (χ1) is 12.1. The number of carbonyl (C=O) groups is 2. The van der Waals surface area contributed by atoms with E-state index in [1.807, 2.05) is 30.3 Å². The van der Waals surface area contributed by atoms with Crippen molar-refractivity contribution in [2.24, 2.45) is 0 Å². The summed E-state index contributed by atoms with van der Waals surface area (Å²) in [5.74, 6) is -1.05. The quantitative estimate of drug-likeness (QED) is 0.848. The summed E-state index contributed by atoms with van der Waals surface area (Å²) < 4.78 is 5.77. The van der Waals surface area contributed by atoms with Crippen LogP contribution in [0.25, 0.3) is 0 Å². The van der Waals surface area contributed by atoms with Crippen LogP contribution in [-0.2, 0) is 16.0 Å². The van der Waals surface area contributed by atoms with Gasteiger partial charge in [-0.15, -0.1) is 0 Å². The van der Waals surface area contributed by atoms with Crippen LogP contribution in [0.5, 0.6) is 0 Å². The molecule has 0 aromatic heterocycles. The smallest absolute Gasteiger partial charge is 0.335 e. The zero-order valence-electron chi connectivity index (χ0n) is 13.9. The molecule has 5 heteroatoms. The van der Waals surface area contributed by atoms with Crippen molar-refractivity contribution in [3.8, 4) is 0 Å². The SMILES string of the molecule is O=C(CCc1ccccc1C(=O)O)NC1CCOC1c1ccccc1. The molecule has 5 nitrogen and oxygen atoms in total. The van der Waals surface area contributed by atoms with Gasteiger partial charge < -0.3 is 15.2 Å². The van der Waals surface area contributed by atoms with Crippen LogP contribution in [0.3, 0.4) is 0 Å². The molecule has 1 aliphatic rings. The first-order valence-corrected chi connectivity index (χ1v) is 8.42. The van der Waals surface area contributed by atoms with Crippen molar-refractivity contribution >= 4 is 11.9 Å². The Bertz CT molecular complexity index is 744. The van der Waals surface area contributed by atoms with Gasteiger partial charge in [0.2, 0.25) is 5.91 Å². The molecule has 3 rings (SSSR count). The number of benzene rings is 2. The molecule has 2 N–H and O–H groups in total. The number of nitrogens with one attached hydrogen (secondary N) is 1. The summed E-state index contributed by atoms with van der Waals surface area (Å²) in [5, 5.41) is 12.2. The summed E-state index contributed by atoms with van der Waals surface area (Å²) in [7, 11) is 0. The Balaban J connectivity index is 1.59. The average Bonchev–Trinajstić information content (AvgIpc) is 3.09. The van der Waals surface area contributed by atoms with Gasteiger partial charge >= 0.3 is 5.97 Å². The summed E-state index contributed by atoms with van der Waals surface area (Å²) in [6.45, 7) is 0.617. The Morgan fingerprint density at radius 3 is 2.56 bits per heavy atom. The standard InChI is InChI=1S/C20H21NO4/c22-18(11-10-14-6-4-5-9-16(14)20(23)24)21-17-12-13-25-19(17)15-7-2-1-3-8-15/h1-9,17,19H,10-13H2,(H,21,22)(H,23,24). The molecule has 1 fully saturated rings. The van der Waals surface area contributed by atoms with Crippen LogP contribution in [0.2, 0.25) is 0 Å². The second-order valence-corrected chi connectivity index (χ2v) is 6.13. The van der Waals surface area contributed by atoms with Gasteiger partial charge in [-0.05, 0) is 30.0 Å². The van der Waals surface area contributed by atoms with Crippen molar-refractivity contribution < 1.29 is 19.4 Å². The van der Waals surface area contributed by atoms with Crippen molar-refractivity contribution in [1.29, 1.82) is 0 Å². The van der Waals surface area contributed by atoms with E-state index < -0.39 is 5.97 Å². The largest absolute Gasteiger partial charge is 0.478 e. The predicted octanol–water partition coefficient (Wildman–Crippen LogP) is 2.96. The number of amides is 1. The Morgan fingerprint density at radius 2 is 1.80 bits per heavy atom. The van der Waals surface area contributed by atoms with Crippen molar-refractivity contribution in [2.75, 3.05) is 6.61 Å². The topological polar surface area (TPSA) is 75.6 Å². The van der Waals surface area contributed by atoms with Gasteiger partial charge in [-0.2, -0.15) is 0 Å². The third kappa shape index (κ3) is 4.25. The number of aromatic carboxylic acids is 1. The van der Waals surface area contributed by atoms with Crippen LogP contribution in [-0.4, -0.2) is 29.6 Å². The molecule has 0 aliphatic carbocycles. The first kappa shape index (κ1) is 17.2. The lowest BCUT2D eigenvalue weighted by atomic mass is 10.0. The highest BCUT2D eigenvalue weighted by atomic mass is 16.5. The van der Waals surface area contributed by atoms with E-state index in [1.165, 1.54) is 0 Å². The average molecular weight is 339 g/mol. The molecule has 0 bridgehead atoms. The molecule has 2 atom stereocenters. The van der Waals surface area contributed by atoms with E-state index in [9.17, 15) is 14.7 Å². The molecule has 0 saturated carbocycles. The summed E-state index contributed by atoms with van der Waals surface area (Å²) in [6, 6.07) is 16.6. The molecule has 1 amide bonds. The van der Waals surface area contributed by atoms with Gasteiger partial charge in [0.25, 0.3) is 0 Å². The lowest BCUT2D eigenvalue weighted by Gasteiger charge is -2.20. The molecule has 2 aromatic rings. The molecule has 1 aliphatic heterocycles. The number of rotatable bonds is 6. The fourth-order valence-corrected chi connectivity index (χ4v) is 3.18. The van der Waals surface area contributed by atoms with E-state index in [4.69, 9.17) is 4.74 Å². The van der Waals surface area contributed by atoms with Crippen LogP contribution in [0, 0.1) is 0 Å². The van der Waals surface area contributed by atoms with Gasteiger partial charge in [0.1, 0.15) is 6.10 Å². The third-order valence-electron chi connectivity index (χ3n) is 4.44. The van der Waals surface area contributed by atoms with Gasteiger partial charge in [-0.3, -0.25) is 4.79 Å². The van der Waals surface area contributed by atoms with Crippen LogP contribution in [0.15, 0.2) is 54.6 Å². The molecule has 2 aromatic carbocycles. The van der Waals surface area contributed by atoms with Crippen molar-refractivity contribution in [3.63, 3.8) is 0 Å². The zero-order valence-corrected chi connectivity index (χ0v) is 13.9. The number of ether oxygens (including phenoxy) is 1. The van der Waals surface area contributed by atoms with Crippen molar-refractivity contribution in [1.82, 2.24) is 5.32 Å². The Kier molecular flexibility index (Phi) is 5.46. The fourth-order valence-electron chi connectivity index (χ4n) is 3.18. The van der Waals surface area contributed by atoms with Crippen molar-refractivity contribution in [2.45, 2.75) is 31.4 Å². The van der Waals surface area contributed by atoms with E-state index in [0.717, 1.165) is 12.0 Å². The maximum atomic E-state index is 12.3. The lowest BCUT2D eigenvalue weighted by Crippen LogP contribution is -2.36. The Labute approximate surface area is 146 Å². The molecule has 2 unspecified atom stereocenters. The predicted molar refractivity (Wildman–Crippen MR) is 93.4 cm³/mol. The fraction of sp³-hybridized carbons (Fsp3) is 0.300. The Hall–Kier alpha value is -2.66. The summed E-state index contributed by atoms with van der Waals surface area (Å²) in [5.41, 5.74) is 1.98. The van der Waals surface area contributed by atoms with Crippen LogP contribution in [0.4, 0.5) is 0 Å². The maximum absolute atomic E-state index is 12.3. The van der Waals surface area contributed by atoms with Crippen molar-refractivity contribution in [3.05, 3.63) is 71.3 Å². The van der Waals surface area contributed by atoms with Crippen LogP contribution < -0.4 is 5.32 Å². The summed E-state index contributed by atoms with van der Waals surface area (Å²) >= 11 is 0. The number of hydrogen-bond donors (Lipinski definition) is 2. The maximum Gasteiger partial charge on any atom is 0.335 e. The van der Waals surface area contributed by atoms with Crippen LogP contribution in [0.1, 0.15) is 40.4 Å². The van der Waals surface area contributed by atoms with E-state index in [-0.39, 0.29) is 30.0 Å². The molecule has 1 heterocycles. The molecular weight excluding hydrogens is 318 g/mol. The molecule has 25 heavy (non-hydrogen) atoms. The molecular formula is C20H21NO4. The zero-order chi connectivity index (χ0) is 17.6. The number of hydrogen-bond acceptors (Lipinski definition) is 3. The Morgan fingerprint density at radius 1 is 1.08 bits per heavy atom. The molecule has 130 valence electrons. The highest BCUT2D eigenvalue weighted by Gasteiger charge is 2.30. The minimum atomic E-state index is -0.968. The second kappa shape index (κ2) is 7.94. The van der Waals surface area contributed by atoms with Gasteiger partial charge in [-0.25, -0.2) is 4.79 Å².